The molecule has 1 saturated heterocycles. The number of thiol groups is 1. The number of nitrogens with zero attached hydrogens (tertiary/aromatic N) is 1. The summed E-state index contributed by atoms with van der Waals surface area (Å²) in [6.45, 7) is 0.799. The van der Waals surface area contributed by atoms with Gasteiger partial charge in [-0.2, -0.15) is 4.41 Å². The fourth-order valence-corrected chi connectivity index (χ4v) is 1.21. The van der Waals surface area contributed by atoms with Crippen LogP contribution in [0.1, 0.15) is 12.8 Å². The molecule has 0 aromatic carbocycles. The lowest BCUT2D eigenvalue weighted by Gasteiger charge is -2.26. The number of hydrogen-bond donors (Lipinski definition) is 3. The van der Waals surface area contributed by atoms with Gasteiger partial charge in [0.1, 0.15) is 6.04 Å². The van der Waals surface area contributed by atoms with E-state index in [4.69, 9.17) is 5.11 Å². The fraction of sp³-hybridized carbons (Fsp3) is 0.800. The molecule has 1 rings (SSSR count). The van der Waals surface area contributed by atoms with Gasteiger partial charge in [-0.1, -0.05) is 12.8 Å². The first-order valence-electron chi connectivity index (χ1n) is 3.15. The predicted molar refractivity (Wildman–Crippen MR) is 39.5 cm³/mol. The van der Waals surface area contributed by atoms with E-state index in [0.717, 1.165) is 13.0 Å². The van der Waals surface area contributed by atoms with E-state index in [1.165, 1.54) is 4.41 Å². The number of carboxylic acid groups (broad SMARTS) is 1. The molecule has 0 spiro atoms. The van der Waals surface area contributed by atoms with E-state index in [1.807, 2.05) is 0 Å². The van der Waals surface area contributed by atoms with Gasteiger partial charge in [-0.25, -0.2) is 5.43 Å². The van der Waals surface area contributed by atoms with Crippen LogP contribution in [0.5, 0.6) is 0 Å². The zero-order valence-corrected chi connectivity index (χ0v) is 6.34. The van der Waals surface area contributed by atoms with Gasteiger partial charge in [0.25, 0.3) is 0 Å². The number of carbonyl (C=O) groups is 1. The molecule has 1 atom stereocenters. The van der Waals surface area contributed by atoms with Crippen LogP contribution in [0.4, 0.5) is 0 Å². The second-order valence-electron chi connectivity index (χ2n) is 2.29. The van der Waals surface area contributed by atoms with Crippen LogP contribution in [-0.4, -0.2) is 28.1 Å². The van der Waals surface area contributed by atoms with E-state index in [-0.39, 0.29) is 0 Å². The summed E-state index contributed by atoms with van der Waals surface area (Å²) in [5, 5.41) is 8.53. The Hall–Kier alpha value is -0.260. The lowest BCUT2D eigenvalue weighted by molar-refractivity contribution is -0.141. The molecule has 4 nitrogen and oxygen atoms in total. The van der Waals surface area contributed by atoms with E-state index < -0.39 is 12.0 Å². The standard InChI is InChI=1S/C5H10N2O2S/c8-5(9)4-2-1-3-7(10)6-4/h4,6,10H,1-3H2,(H,8,9)/t4-/m0/s1. The Bertz CT molecular complexity index is 142. The Morgan fingerprint density at radius 1 is 1.80 bits per heavy atom. The molecule has 10 heavy (non-hydrogen) atoms. The summed E-state index contributed by atoms with van der Waals surface area (Å²) < 4.78 is 1.52. The van der Waals surface area contributed by atoms with Crippen LogP contribution in [0, 0.1) is 0 Å². The number of hydrogen-bond acceptors (Lipinski definition) is 4. The van der Waals surface area contributed by atoms with Crippen molar-refractivity contribution in [1.82, 2.24) is 9.84 Å². The number of rotatable bonds is 1. The van der Waals surface area contributed by atoms with Crippen molar-refractivity contribution in [2.45, 2.75) is 18.9 Å². The molecule has 2 N–H and O–H groups in total. The Morgan fingerprint density at radius 2 is 2.50 bits per heavy atom. The number of carboxylic acids is 1. The fourth-order valence-electron chi connectivity index (χ4n) is 0.933. The van der Waals surface area contributed by atoms with Crippen molar-refractivity contribution in [3.8, 4) is 0 Å². The molecule has 0 bridgehead atoms. The predicted octanol–water partition coefficient (Wildman–Crippen LogP) is -0.115. The molecule has 0 unspecified atom stereocenters. The second kappa shape index (κ2) is 3.23. The lowest BCUT2D eigenvalue weighted by atomic mass is 10.1. The monoisotopic (exact) mass is 162 g/mol. The summed E-state index contributed by atoms with van der Waals surface area (Å²) in [7, 11) is 0. The van der Waals surface area contributed by atoms with Crippen LogP contribution in [0.2, 0.25) is 0 Å². The molecule has 5 heteroatoms. The van der Waals surface area contributed by atoms with Crippen molar-refractivity contribution >= 4 is 18.8 Å². The molecule has 0 radical (unpaired) electrons. The zero-order valence-electron chi connectivity index (χ0n) is 5.45. The van der Waals surface area contributed by atoms with Crippen molar-refractivity contribution in [2.24, 2.45) is 0 Å². The van der Waals surface area contributed by atoms with Crippen molar-refractivity contribution < 1.29 is 9.90 Å². The Balaban J connectivity index is 2.39. The highest BCUT2D eigenvalue weighted by molar-refractivity contribution is 7.77. The molecular weight excluding hydrogens is 152 g/mol. The van der Waals surface area contributed by atoms with Gasteiger partial charge < -0.3 is 5.11 Å². The molecule has 1 aliphatic heterocycles. The summed E-state index contributed by atoms with van der Waals surface area (Å²) in [4.78, 5) is 10.4. The number of hydrazine groups is 1. The highest BCUT2D eigenvalue weighted by atomic mass is 32.1. The molecule has 0 aromatic rings. The molecular formula is C5H10N2O2S. The van der Waals surface area contributed by atoms with Gasteiger partial charge in [-0.05, 0) is 12.8 Å². The van der Waals surface area contributed by atoms with Crippen molar-refractivity contribution in [1.29, 1.82) is 0 Å². The molecule has 0 saturated carbocycles. The van der Waals surface area contributed by atoms with E-state index in [1.54, 1.807) is 0 Å². The average molecular weight is 162 g/mol. The highest BCUT2D eigenvalue weighted by Gasteiger charge is 2.22. The van der Waals surface area contributed by atoms with Crippen LogP contribution >= 0.6 is 12.8 Å². The van der Waals surface area contributed by atoms with E-state index in [9.17, 15) is 4.79 Å². The highest BCUT2D eigenvalue weighted by Crippen LogP contribution is 2.07. The minimum absolute atomic E-state index is 0.453. The largest absolute Gasteiger partial charge is 0.480 e. The summed E-state index contributed by atoms with van der Waals surface area (Å²) in [6.07, 6.45) is 1.57. The minimum Gasteiger partial charge on any atom is -0.480 e. The Labute approximate surface area is 64.7 Å². The van der Waals surface area contributed by atoms with E-state index in [2.05, 4.69) is 18.2 Å². The minimum atomic E-state index is -0.807. The normalized spacial score (nSPS) is 28.3. The van der Waals surface area contributed by atoms with Crippen LogP contribution in [0.3, 0.4) is 0 Å². The maximum Gasteiger partial charge on any atom is 0.322 e. The molecule has 1 fully saturated rings. The van der Waals surface area contributed by atoms with Crippen molar-refractivity contribution in [3.63, 3.8) is 0 Å². The molecule has 0 amide bonds. The third kappa shape index (κ3) is 1.86. The molecule has 0 aromatic heterocycles. The second-order valence-corrected chi connectivity index (χ2v) is 2.77. The van der Waals surface area contributed by atoms with Crippen LogP contribution < -0.4 is 5.43 Å². The maximum atomic E-state index is 10.4. The molecule has 1 aliphatic rings. The number of aliphatic carboxylic acids is 1. The Morgan fingerprint density at radius 3 is 2.90 bits per heavy atom. The van der Waals surface area contributed by atoms with Crippen molar-refractivity contribution in [3.05, 3.63) is 0 Å². The van der Waals surface area contributed by atoms with Gasteiger partial charge in [-0.3, -0.25) is 4.79 Å². The van der Waals surface area contributed by atoms with Crippen molar-refractivity contribution in [2.75, 3.05) is 6.54 Å². The van der Waals surface area contributed by atoms with Gasteiger partial charge >= 0.3 is 5.97 Å². The third-order valence-electron chi connectivity index (χ3n) is 1.47. The quantitative estimate of drug-likeness (QED) is 0.471. The topological polar surface area (TPSA) is 52.6 Å². The van der Waals surface area contributed by atoms with Gasteiger partial charge in [0.15, 0.2) is 0 Å². The Kier molecular flexibility index (Phi) is 2.53. The third-order valence-corrected chi connectivity index (χ3v) is 1.78. The molecule has 0 aliphatic carbocycles. The van der Waals surface area contributed by atoms with Gasteiger partial charge in [0.2, 0.25) is 0 Å². The lowest BCUT2D eigenvalue weighted by Crippen LogP contribution is -2.48. The first-order chi connectivity index (χ1) is 4.70. The summed E-state index contributed by atoms with van der Waals surface area (Å²) in [6, 6.07) is -0.453. The van der Waals surface area contributed by atoms with E-state index >= 15 is 0 Å². The average Bonchev–Trinajstić information content (AvgIpc) is 1.88. The first kappa shape index (κ1) is 7.84. The van der Waals surface area contributed by atoms with Gasteiger partial charge in [0, 0.05) is 6.54 Å². The summed E-state index contributed by atoms with van der Waals surface area (Å²) in [5.41, 5.74) is 2.71. The SMILES string of the molecule is O=C(O)[C@@H]1CCCN(S)N1. The van der Waals surface area contributed by atoms with Crippen LogP contribution in [-0.2, 0) is 4.79 Å². The first-order valence-corrected chi connectivity index (χ1v) is 3.55. The zero-order chi connectivity index (χ0) is 7.56. The summed E-state index contributed by atoms with van der Waals surface area (Å²) in [5.74, 6) is -0.807. The van der Waals surface area contributed by atoms with Crippen LogP contribution in [0.15, 0.2) is 0 Å². The van der Waals surface area contributed by atoms with Gasteiger partial charge in [-0.15, -0.1) is 0 Å². The van der Waals surface area contributed by atoms with Gasteiger partial charge in [0.05, 0.1) is 0 Å². The maximum absolute atomic E-state index is 10.4. The summed E-state index contributed by atoms with van der Waals surface area (Å²) >= 11 is 3.97. The number of nitrogens with one attached hydrogen (secondary N) is 1. The van der Waals surface area contributed by atoms with E-state index in [0.29, 0.717) is 6.42 Å². The molecule has 1 heterocycles. The smallest absolute Gasteiger partial charge is 0.322 e. The van der Waals surface area contributed by atoms with Crippen LogP contribution in [0.25, 0.3) is 0 Å². The molecule has 58 valence electrons.